The Morgan fingerprint density at radius 2 is 2.04 bits per heavy atom. The van der Waals surface area contributed by atoms with Gasteiger partial charge in [0.15, 0.2) is 0 Å². The second-order valence-corrected chi connectivity index (χ2v) is 7.19. The molecule has 0 saturated heterocycles. The van der Waals surface area contributed by atoms with E-state index in [-0.39, 0.29) is 0 Å². The van der Waals surface area contributed by atoms with Gasteiger partial charge in [-0.05, 0) is 38.0 Å². The lowest BCUT2D eigenvalue weighted by Gasteiger charge is -2.05. The van der Waals surface area contributed by atoms with Crippen molar-refractivity contribution in [3.63, 3.8) is 0 Å². The molecule has 24 heavy (non-hydrogen) atoms. The van der Waals surface area contributed by atoms with Crippen molar-refractivity contribution in [1.82, 2.24) is 9.38 Å². The molecule has 3 rings (SSSR count). The maximum absolute atomic E-state index is 12.4. The first kappa shape index (κ1) is 16.4. The number of fused-ring (bicyclic) bond motifs is 1. The first-order chi connectivity index (χ1) is 11.4. The molecule has 2 N–H and O–H groups in total. The fourth-order valence-electron chi connectivity index (χ4n) is 3.06. The average molecular weight is 341 g/mol. The van der Waals surface area contributed by atoms with Gasteiger partial charge < -0.3 is 10.1 Å². The summed E-state index contributed by atoms with van der Waals surface area (Å²) in [5.41, 5.74) is 9.03. The van der Waals surface area contributed by atoms with Crippen LogP contribution in [0.15, 0.2) is 24.5 Å². The Hall–Kier alpha value is -2.47. The van der Waals surface area contributed by atoms with Crippen molar-refractivity contribution in [1.29, 1.82) is 0 Å². The lowest BCUT2D eigenvalue weighted by molar-refractivity contribution is -0.114. The maximum atomic E-state index is 12.4. The molecule has 0 aliphatic rings. The van der Waals surface area contributed by atoms with E-state index in [2.05, 4.69) is 24.0 Å². The third-order valence-corrected chi connectivity index (χ3v) is 5.11. The summed E-state index contributed by atoms with van der Waals surface area (Å²) in [6, 6.07) is 4.19. The summed E-state index contributed by atoms with van der Waals surface area (Å²) in [5, 5.41) is 0. The number of rotatable bonds is 5. The molecule has 0 bridgehead atoms. The predicted octanol–water partition coefficient (Wildman–Crippen LogP) is 2.83. The number of aryl methyl sites for hydroxylation is 2. The number of amides is 1. The molecule has 0 unspecified atom stereocenters. The zero-order valence-corrected chi connectivity index (χ0v) is 14.7. The Morgan fingerprint density at radius 1 is 1.29 bits per heavy atom. The van der Waals surface area contributed by atoms with E-state index in [0.29, 0.717) is 23.9 Å². The molecule has 3 aromatic heterocycles. The molecular weight excluding hydrogens is 322 g/mol. The van der Waals surface area contributed by atoms with Gasteiger partial charge in [-0.3, -0.25) is 14.6 Å². The van der Waals surface area contributed by atoms with E-state index >= 15 is 0 Å². The van der Waals surface area contributed by atoms with Crippen LogP contribution in [0.25, 0.3) is 5.52 Å². The first-order valence-corrected chi connectivity index (χ1v) is 8.61. The summed E-state index contributed by atoms with van der Waals surface area (Å²) < 4.78 is 1.98. The molecule has 0 atom stereocenters. The summed E-state index contributed by atoms with van der Waals surface area (Å²) >= 11 is 1.73. The molecule has 1 amide bonds. The lowest BCUT2D eigenvalue weighted by Crippen LogP contribution is -2.24. The second kappa shape index (κ2) is 6.20. The van der Waals surface area contributed by atoms with Gasteiger partial charge in [-0.2, -0.15) is 0 Å². The number of carbonyl (C=O) groups is 2. The van der Waals surface area contributed by atoms with Gasteiger partial charge in [0.2, 0.25) is 0 Å². The Bertz CT molecular complexity index is 953. The molecule has 0 fully saturated rings. The number of nitrogens with zero attached hydrogens (tertiary/aromatic N) is 2. The van der Waals surface area contributed by atoms with Gasteiger partial charge in [-0.25, -0.2) is 0 Å². The highest BCUT2D eigenvalue weighted by molar-refractivity contribution is 7.11. The number of hydrogen-bond donors (Lipinski definition) is 1. The van der Waals surface area contributed by atoms with Gasteiger partial charge in [-0.15, -0.1) is 11.3 Å². The number of nitrogens with two attached hydrogens (primary N) is 1. The third kappa shape index (κ3) is 2.73. The van der Waals surface area contributed by atoms with Crippen LogP contribution in [0.5, 0.6) is 0 Å². The Balaban J connectivity index is 2.28. The van der Waals surface area contributed by atoms with E-state index in [0.717, 1.165) is 17.0 Å². The lowest BCUT2D eigenvalue weighted by atomic mass is 10.0. The Morgan fingerprint density at radius 3 is 2.62 bits per heavy atom. The normalized spacial score (nSPS) is 11.1. The summed E-state index contributed by atoms with van der Waals surface area (Å²) in [5.74, 6) is -1.58. The summed E-state index contributed by atoms with van der Waals surface area (Å²) in [6.07, 6.45) is 4.91. The van der Waals surface area contributed by atoms with Crippen LogP contribution in [0.2, 0.25) is 0 Å². The zero-order valence-electron chi connectivity index (χ0n) is 13.9. The summed E-state index contributed by atoms with van der Waals surface area (Å²) in [6.45, 7) is 5.96. The van der Waals surface area contributed by atoms with Crippen LogP contribution in [0.1, 0.15) is 44.0 Å². The summed E-state index contributed by atoms with van der Waals surface area (Å²) in [4.78, 5) is 30.6. The molecule has 0 aliphatic carbocycles. The van der Waals surface area contributed by atoms with Crippen LogP contribution in [-0.2, 0) is 17.6 Å². The van der Waals surface area contributed by atoms with Crippen molar-refractivity contribution in [3.8, 4) is 0 Å². The van der Waals surface area contributed by atoms with Crippen molar-refractivity contribution < 1.29 is 9.59 Å². The molecule has 0 radical (unpaired) electrons. The number of thiophene rings is 1. The van der Waals surface area contributed by atoms with Crippen molar-refractivity contribution in [2.75, 3.05) is 0 Å². The molecule has 0 saturated carbocycles. The number of carbonyl (C=O) groups excluding carboxylic acids is 2. The van der Waals surface area contributed by atoms with Gasteiger partial charge in [0, 0.05) is 28.1 Å². The van der Waals surface area contributed by atoms with E-state index in [9.17, 15) is 9.59 Å². The van der Waals surface area contributed by atoms with Crippen LogP contribution in [0, 0.1) is 13.8 Å². The Labute approximate surface area is 144 Å². The van der Waals surface area contributed by atoms with E-state index in [1.165, 1.54) is 9.75 Å². The van der Waals surface area contributed by atoms with Crippen LogP contribution in [0.4, 0.5) is 0 Å². The SMILES string of the molecule is CCc1c(C(=O)C(N)=O)c2cnc(C)cn2c1Cc1ccc(C)s1. The van der Waals surface area contributed by atoms with Crippen molar-refractivity contribution in [2.45, 2.75) is 33.6 Å². The van der Waals surface area contributed by atoms with Crippen molar-refractivity contribution in [2.24, 2.45) is 5.73 Å². The number of aromatic nitrogens is 2. The minimum absolute atomic E-state index is 0.390. The molecule has 3 heterocycles. The van der Waals surface area contributed by atoms with Crippen LogP contribution >= 0.6 is 11.3 Å². The topological polar surface area (TPSA) is 77.5 Å². The first-order valence-electron chi connectivity index (χ1n) is 7.80. The molecule has 0 aliphatic heterocycles. The van der Waals surface area contributed by atoms with Gasteiger partial charge in [0.1, 0.15) is 0 Å². The maximum Gasteiger partial charge on any atom is 0.289 e. The minimum Gasteiger partial charge on any atom is -0.363 e. The van der Waals surface area contributed by atoms with E-state index in [4.69, 9.17) is 5.73 Å². The van der Waals surface area contributed by atoms with Crippen molar-refractivity contribution >= 4 is 28.5 Å². The predicted molar refractivity (Wildman–Crippen MR) is 94.7 cm³/mol. The largest absolute Gasteiger partial charge is 0.363 e. The molecule has 3 aromatic rings. The molecule has 124 valence electrons. The van der Waals surface area contributed by atoms with E-state index in [1.807, 2.05) is 24.4 Å². The highest BCUT2D eigenvalue weighted by atomic mass is 32.1. The van der Waals surface area contributed by atoms with Gasteiger partial charge in [0.25, 0.3) is 11.7 Å². The average Bonchev–Trinajstić information content (AvgIpc) is 3.08. The van der Waals surface area contributed by atoms with Crippen LogP contribution in [0.3, 0.4) is 0 Å². The number of Topliss-reactive ketones (excluding diaryl/α,β-unsaturated/α-hetero) is 1. The molecule has 0 aromatic carbocycles. The number of primary amides is 1. The minimum atomic E-state index is -0.934. The van der Waals surface area contributed by atoms with Gasteiger partial charge in [0.05, 0.1) is 23.0 Å². The number of ketones is 1. The monoisotopic (exact) mass is 341 g/mol. The summed E-state index contributed by atoms with van der Waals surface area (Å²) in [7, 11) is 0. The number of hydrogen-bond acceptors (Lipinski definition) is 4. The zero-order chi connectivity index (χ0) is 17.4. The molecule has 0 spiro atoms. The van der Waals surface area contributed by atoms with Gasteiger partial charge >= 0.3 is 0 Å². The Kier molecular flexibility index (Phi) is 4.24. The van der Waals surface area contributed by atoms with Crippen LogP contribution < -0.4 is 5.73 Å². The standard InChI is InChI=1S/C18H19N3O2S/c1-4-13-14(7-12-6-5-11(3)24-12)21-9-10(2)20-8-15(21)16(13)17(22)18(19)23/h5-6,8-9H,4,7H2,1-3H3,(H2,19,23). The van der Waals surface area contributed by atoms with E-state index in [1.54, 1.807) is 17.5 Å². The molecule has 6 heteroatoms. The third-order valence-electron chi connectivity index (χ3n) is 4.11. The van der Waals surface area contributed by atoms with Gasteiger partial charge in [-0.1, -0.05) is 6.92 Å². The quantitative estimate of drug-likeness (QED) is 0.572. The van der Waals surface area contributed by atoms with Crippen LogP contribution in [-0.4, -0.2) is 21.1 Å². The molecule has 5 nitrogen and oxygen atoms in total. The fraction of sp³-hybridized carbons (Fsp3) is 0.278. The van der Waals surface area contributed by atoms with Crippen molar-refractivity contribution in [3.05, 3.63) is 56.8 Å². The highest BCUT2D eigenvalue weighted by Gasteiger charge is 2.25. The fourth-order valence-corrected chi connectivity index (χ4v) is 3.96. The smallest absolute Gasteiger partial charge is 0.289 e. The van der Waals surface area contributed by atoms with E-state index < -0.39 is 11.7 Å². The molecular formula is C18H19N3O2S. The highest BCUT2D eigenvalue weighted by Crippen LogP contribution is 2.29. The second-order valence-electron chi connectivity index (χ2n) is 5.82.